The third-order valence-electron chi connectivity index (χ3n) is 0.732. The van der Waals surface area contributed by atoms with Crippen molar-refractivity contribution in [1.82, 2.24) is 0 Å². The largest absolute Gasteiger partial charge is 1.00 e. The molecule has 0 aliphatic heterocycles. The number of rotatable bonds is 1. The Bertz CT molecular complexity index is 248. The van der Waals surface area contributed by atoms with Crippen molar-refractivity contribution >= 4 is 0 Å². The Balaban J connectivity index is 0. The topological polar surface area (TPSA) is 97.4 Å². The normalized spacial score (nSPS) is 7.91. The van der Waals surface area contributed by atoms with E-state index >= 15 is 0 Å². The van der Waals surface area contributed by atoms with Crippen LogP contribution in [0.3, 0.4) is 0 Å². The smallest absolute Gasteiger partial charge is 0.428 e. The average Bonchev–Trinajstić information content (AvgIpc) is 1.91. The molecule has 0 rings (SSSR count). The van der Waals surface area contributed by atoms with Gasteiger partial charge in [-0.2, -0.15) is 0 Å². The van der Waals surface area contributed by atoms with Crippen LogP contribution in [0.15, 0.2) is 11.8 Å². The number of allylic oxidation sites excluding steroid dienone is 2. The molecule has 0 aromatic rings. The Morgan fingerprint density at radius 1 is 1.27 bits per heavy atom. The van der Waals surface area contributed by atoms with Crippen molar-refractivity contribution in [3.63, 3.8) is 0 Å². The zero-order chi connectivity index (χ0) is 7.98. The van der Waals surface area contributed by atoms with E-state index in [1.54, 1.807) is 18.2 Å². The molecule has 0 atom stereocenters. The second-order valence-corrected chi connectivity index (χ2v) is 1.33. The summed E-state index contributed by atoms with van der Waals surface area (Å²) in [5.41, 5.74) is 5.02. The van der Waals surface area contributed by atoms with Crippen LogP contribution < -0.4 is 35.3 Å². The van der Waals surface area contributed by atoms with Gasteiger partial charge >= 0.3 is 29.6 Å². The Kier molecular flexibility index (Phi) is 7.98. The van der Waals surface area contributed by atoms with Crippen molar-refractivity contribution in [2.75, 3.05) is 0 Å². The molecule has 0 aromatic heterocycles. The van der Waals surface area contributed by atoms with Gasteiger partial charge in [0.15, 0.2) is 0 Å². The molecule has 0 aliphatic rings. The Morgan fingerprint density at radius 3 is 2.00 bits per heavy atom. The van der Waals surface area contributed by atoms with Crippen molar-refractivity contribution in [2.24, 2.45) is 5.73 Å². The van der Waals surface area contributed by atoms with E-state index in [4.69, 9.17) is 21.5 Å². The SMILES string of the molecule is N#CC=C(N)[C-](C#N)C#N.[Na+]. The fourth-order valence-corrected chi connectivity index (χ4v) is 0.296. The van der Waals surface area contributed by atoms with Gasteiger partial charge in [0, 0.05) is 18.1 Å². The van der Waals surface area contributed by atoms with E-state index in [0.717, 1.165) is 6.08 Å². The molecule has 0 heterocycles. The average molecular weight is 154 g/mol. The molecule has 0 aromatic carbocycles. The van der Waals surface area contributed by atoms with Crippen LogP contribution in [0.2, 0.25) is 0 Å². The fourth-order valence-electron chi connectivity index (χ4n) is 0.296. The second-order valence-electron chi connectivity index (χ2n) is 1.33. The third kappa shape index (κ3) is 4.31. The summed E-state index contributed by atoms with van der Waals surface area (Å²) in [5, 5.41) is 24.4. The molecule has 0 saturated heterocycles. The van der Waals surface area contributed by atoms with Crippen molar-refractivity contribution in [1.29, 1.82) is 15.8 Å². The molecule has 2 N–H and O–H groups in total. The monoisotopic (exact) mass is 154 g/mol. The second kappa shape index (κ2) is 6.99. The summed E-state index contributed by atoms with van der Waals surface area (Å²) in [6, 6.07) is 4.70. The predicted octanol–water partition coefficient (Wildman–Crippen LogP) is -3.02. The van der Waals surface area contributed by atoms with E-state index in [2.05, 4.69) is 0 Å². The molecule has 0 amide bonds. The Hall–Kier alpha value is -1.12. The van der Waals surface area contributed by atoms with E-state index in [1.807, 2.05) is 0 Å². The molecular formula is C6H3N4Na. The van der Waals surface area contributed by atoms with Crippen molar-refractivity contribution < 1.29 is 29.6 Å². The molecule has 0 fully saturated rings. The first-order valence-electron chi connectivity index (χ1n) is 2.29. The van der Waals surface area contributed by atoms with Gasteiger partial charge in [-0.1, -0.05) is 5.70 Å². The maximum absolute atomic E-state index is 8.18. The first-order chi connectivity index (χ1) is 4.76. The van der Waals surface area contributed by atoms with Crippen molar-refractivity contribution in [3.8, 4) is 18.2 Å². The van der Waals surface area contributed by atoms with Gasteiger partial charge in [-0.15, -0.1) is 6.08 Å². The summed E-state index contributed by atoms with van der Waals surface area (Å²) in [5.74, 6) is -0.235. The maximum atomic E-state index is 8.18. The Morgan fingerprint density at radius 2 is 1.73 bits per heavy atom. The number of nitrogens with two attached hydrogens (primary N) is 1. The van der Waals surface area contributed by atoms with Gasteiger partial charge in [0.2, 0.25) is 0 Å². The maximum Gasteiger partial charge on any atom is 1.00 e. The van der Waals surface area contributed by atoms with Gasteiger partial charge in [0.05, 0.1) is 0 Å². The van der Waals surface area contributed by atoms with Crippen LogP contribution >= 0.6 is 0 Å². The molecule has 11 heavy (non-hydrogen) atoms. The van der Waals surface area contributed by atoms with Crippen LogP contribution in [0.5, 0.6) is 0 Å². The minimum Gasteiger partial charge on any atom is -0.428 e. The molecule has 0 aliphatic carbocycles. The van der Waals surface area contributed by atoms with E-state index < -0.39 is 0 Å². The molecule has 0 unspecified atom stereocenters. The van der Waals surface area contributed by atoms with Gasteiger partial charge in [0.25, 0.3) is 0 Å². The van der Waals surface area contributed by atoms with Crippen LogP contribution in [-0.2, 0) is 0 Å². The predicted molar refractivity (Wildman–Crippen MR) is 32.4 cm³/mol. The summed E-state index contributed by atoms with van der Waals surface area (Å²) >= 11 is 0. The molecule has 5 heteroatoms. The van der Waals surface area contributed by atoms with Crippen LogP contribution in [0.25, 0.3) is 0 Å². The van der Waals surface area contributed by atoms with E-state index in [-0.39, 0.29) is 41.2 Å². The zero-order valence-electron chi connectivity index (χ0n) is 6.00. The fraction of sp³-hybridized carbons (Fsp3) is 0. The van der Waals surface area contributed by atoms with E-state index in [9.17, 15) is 0 Å². The summed E-state index contributed by atoms with van der Waals surface area (Å²) in [7, 11) is 0. The van der Waals surface area contributed by atoms with E-state index in [1.165, 1.54) is 0 Å². The molecule has 4 nitrogen and oxygen atoms in total. The quantitative estimate of drug-likeness (QED) is 0.247. The van der Waals surface area contributed by atoms with Crippen LogP contribution in [0.1, 0.15) is 0 Å². The number of hydrogen-bond acceptors (Lipinski definition) is 4. The van der Waals surface area contributed by atoms with Gasteiger partial charge in [-0.25, -0.2) is 15.8 Å². The summed E-state index contributed by atoms with van der Waals surface area (Å²) in [6.45, 7) is 0. The van der Waals surface area contributed by atoms with E-state index in [0.29, 0.717) is 0 Å². The molecule has 48 valence electrons. The first kappa shape index (κ1) is 12.5. The molecular weight excluding hydrogens is 151 g/mol. The molecule has 0 radical (unpaired) electrons. The van der Waals surface area contributed by atoms with Gasteiger partial charge in [-0.3, -0.25) is 0 Å². The minimum absolute atomic E-state index is 0. The zero-order valence-corrected chi connectivity index (χ0v) is 8.00. The summed E-state index contributed by atoms with van der Waals surface area (Å²) in [6.07, 6.45) is 0.946. The third-order valence-corrected chi connectivity index (χ3v) is 0.732. The summed E-state index contributed by atoms with van der Waals surface area (Å²) < 4.78 is 0. The van der Waals surface area contributed by atoms with Crippen LogP contribution in [-0.4, -0.2) is 0 Å². The van der Waals surface area contributed by atoms with Gasteiger partial charge in [0.1, 0.15) is 0 Å². The number of hydrogen-bond donors (Lipinski definition) is 1. The number of nitriles is 3. The van der Waals surface area contributed by atoms with Crippen LogP contribution in [0, 0.1) is 39.9 Å². The Labute approximate surface area is 86.8 Å². The first-order valence-corrected chi connectivity index (χ1v) is 2.29. The molecule has 0 spiro atoms. The van der Waals surface area contributed by atoms with Gasteiger partial charge in [-0.05, 0) is 6.07 Å². The van der Waals surface area contributed by atoms with Crippen molar-refractivity contribution in [3.05, 3.63) is 17.7 Å². The standard InChI is InChI=1S/C6H3N4.Na/c7-2-1-6(10)5(3-8)4-9;/h1H,10H2;/q-1;+1. The minimum atomic E-state index is -0.235. The van der Waals surface area contributed by atoms with Crippen molar-refractivity contribution in [2.45, 2.75) is 0 Å². The summed E-state index contributed by atoms with van der Waals surface area (Å²) in [4.78, 5) is 0. The number of nitrogens with zero attached hydrogens (tertiary/aromatic N) is 3. The molecule has 0 bridgehead atoms. The van der Waals surface area contributed by atoms with Gasteiger partial charge < -0.3 is 5.73 Å². The van der Waals surface area contributed by atoms with Crippen LogP contribution in [0.4, 0.5) is 0 Å². The molecule has 0 saturated carbocycles.